The molecule has 18 heavy (non-hydrogen) atoms. The second-order valence-corrected chi connectivity index (χ2v) is 6.77. The average molecular weight is 324 g/mol. The van der Waals surface area contributed by atoms with E-state index < -0.39 is 0 Å². The summed E-state index contributed by atoms with van der Waals surface area (Å²) in [5, 5.41) is 2.11. The Morgan fingerprint density at radius 1 is 1.17 bits per heavy atom. The molecule has 1 aromatic carbocycles. The second-order valence-electron chi connectivity index (χ2n) is 4.85. The van der Waals surface area contributed by atoms with Crippen molar-refractivity contribution in [2.24, 2.45) is 5.73 Å². The predicted molar refractivity (Wildman–Crippen MR) is 83.3 cm³/mol. The molecule has 2 N–H and O–H groups in total. The molecule has 0 fully saturated rings. The van der Waals surface area contributed by atoms with Crippen molar-refractivity contribution in [1.82, 2.24) is 0 Å². The van der Waals surface area contributed by atoms with Crippen molar-refractivity contribution in [3.63, 3.8) is 0 Å². The largest absolute Gasteiger partial charge is 0.324 e. The molecule has 0 amide bonds. The van der Waals surface area contributed by atoms with Gasteiger partial charge in [0.25, 0.3) is 0 Å². The molecule has 0 saturated heterocycles. The fraction of sp³-hybridized carbons (Fsp3) is 0.333. The van der Waals surface area contributed by atoms with Crippen molar-refractivity contribution < 1.29 is 0 Å². The molecule has 3 heteroatoms. The van der Waals surface area contributed by atoms with Crippen molar-refractivity contribution in [2.45, 2.75) is 33.2 Å². The maximum absolute atomic E-state index is 6.38. The number of nitrogens with two attached hydrogens (primary N) is 1. The lowest BCUT2D eigenvalue weighted by molar-refractivity contribution is 0.718. The first-order chi connectivity index (χ1) is 8.47. The lowest BCUT2D eigenvalue weighted by atomic mass is 9.92. The summed E-state index contributed by atoms with van der Waals surface area (Å²) in [7, 11) is 0. The highest BCUT2D eigenvalue weighted by atomic mass is 79.9. The van der Waals surface area contributed by atoms with Gasteiger partial charge in [-0.15, -0.1) is 11.3 Å². The molecule has 2 rings (SSSR count). The first kappa shape index (κ1) is 13.8. The van der Waals surface area contributed by atoms with Crippen LogP contribution in [0.3, 0.4) is 0 Å². The standard InChI is InChI=1S/C15H18BrNS/c1-9-4-10(2)15(11(3)5-9)14(17)7-13-6-12(16)8-18-13/h4-6,8,14H,7,17H2,1-3H3. The summed E-state index contributed by atoms with van der Waals surface area (Å²) >= 11 is 5.25. The van der Waals surface area contributed by atoms with Gasteiger partial charge in [-0.3, -0.25) is 0 Å². The van der Waals surface area contributed by atoms with Crippen LogP contribution in [0.15, 0.2) is 28.1 Å². The van der Waals surface area contributed by atoms with Gasteiger partial charge >= 0.3 is 0 Å². The maximum Gasteiger partial charge on any atom is 0.0348 e. The van der Waals surface area contributed by atoms with E-state index in [0.717, 1.165) is 10.9 Å². The summed E-state index contributed by atoms with van der Waals surface area (Å²) in [6, 6.07) is 6.67. The maximum atomic E-state index is 6.38. The molecule has 2 aromatic rings. The summed E-state index contributed by atoms with van der Waals surface area (Å²) in [5.74, 6) is 0. The van der Waals surface area contributed by atoms with Gasteiger partial charge in [0.05, 0.1) is 0 Å². The Kier molecular flexibility index (Phi) is 4.25. The quantitative estimate of drug-likeness (QED) is 0.872. The summed E-state index contributed by atoms with van der Waals surface area (Å²) in [6.07, 6.45) is 0.904. The first-order valence-electron chi connectivity index (χ1n) is 6.03. The van der Waals surface area contributed by atoms with Gasteiger partial charge in [0, 0.05) is 27.2 Å². The van der Waals surface area contributed by atoms with Gasteiger partial charge in [0.1, 0.15) is 0 Å². The highest BCUT2D eigenvalue weighted by Crippen LogP contribution is 2.28. The van der Waals surface area contributed by atoms with Crippen molar-refractivity contribution >= 4 is 27.3 Å². The van der Waals surface area contributed by atoms with Crippen LogP contribution in [-0.4, -0.2) is 0 Å². The lowest BCUT2D eigenvalue weighted by Crippen LogP contribution is -2.15. The molecule has 96 valence electrons. The number of hydrogen-bond acceptors (Lipinski definition) is 2. The van der Waals surface area contributed by atoms with Gasteiger partial charge in [-0.2, -0.15) is 0 Å². The summed E-state index contributed by atoms with van der Waals surface area (Å²) in [6.45, 7) is 6.44. The fourth-order valence-electron chi connectivity index (χ4n) is 2.56. The molecule has 0 radical (unpaired) electrons. The molecule has 1 aromatic heterocycles. The summed E-state index contributed by atoms with van der Waals surface area (Å²) < 4.78 is 1.15. The van der Waals surface area contributed by atoms with Crippen LogP contribution in [0.1, 0.15) is 33.2 Å². The zero-order valence-corrected chi connectivity index (χ0v) is 13.4. The Labute approximate surface area is 121 Å². The van der Waals surface area contributed by atoms with Crippen LogP contribution in [0.2, 0.25) is 0 Å². The smallest absolute Gasteiger partial charge is 0.0348 e. The van der Waals surface area contributed by atoms with E-state index in [0.29, 0.717) is 0 Å². The average Bonchev–Trinajstić information content (AvgIpc) is 2.62. The number of thiophene rings is 1. The highest BCUT2D eigenvalue weighted by molar-refractivity contribution is 9.10. The van der Waals surface area contributed by atoms with Crippen molar-refractivity contribution in [3.8, 4) is 0 Å². The van der Waals surface area contributed by atoms with E-state index in [2.05, 4.69) is 60.3 Å². The molecule has 0 spiro atoms. The van der Waals surface area contributed by atoms with Crippen molar-refractivity contribution in [3.05, 3.63) is 55.2 Å². The third kappa shape index (κ3) is 3.02. The molecule has 1 nitrogen and oxygen atoms in total. The molecule has 1 heterocycles. The minimum atomic E-state index is 0.0798. The molecule has 0 aliphatic heterocycles. The Bertz CT molecular complexity index is 536. The highest BCUT2D eigenvalue weighted by Gasteiger charge is 2.14. The molecular weight excluding hydrogens is 306 g/mol. The number of hydrogen-bond donors (Lipinski definition) is 1. The molecular formula is C15H18BrNS. The number of rotatable bonds is 3. The van der Waals surface area contributed by atoms with Crippen LogP contribution in [-0.2, 0) is 6.42 Å². The van der Waals surface area contributed by atoms with Gasteiger partial charge in [-0.05, 0) is 59.5 Å². The van der Waals surface area contributed by atoms with Gasteiger partial charge in [0.2, 0.25) is 0 Å². The van der Waals surface area contributed by atoms with Gasteiger partial charge in [0.15, 0.2) is 0 Å². The van der Waals surface area contributed by atoms with E-state index in [1.807, 2.05) is 0 Å². The Morgan fingerprint density at radius 3 is 2.28 bits per heavy atom. The van der Waals surface area contributed by atoms with Crippen molar-refractivity contribution in [2.75, 3.05) is 0 Å². The number of halogens is 1. The number of aryl methyl sites for hydroxylation is 3. The van der Waals surface area contributed by atoms with Crippen LogP contribution < -0.4 is 5.73 Å². The van der Waals surface area contributed by atoms with E-state index in [4.69, 9.17) is 5.73 Å². The fourth-order valence-corrected chi connectivity index (χ4v) is 4.07. The normalized spacial score (nSPS) is 12.7. The minimum absolute atomic E-state index is 0.0798. The zero-order valence-electron chi connectivity index (χ0n) is 11.0. The summed E-state index contributed by atoms with van der Waals surface area (Å²) in [5.41, 5.74) is 11.6. The second kappa shape index (κ2) is 5.55. The van der Waals surface area contributed by atoms with Gasteiger partial charge in [-0.25, -0.2) is 0 Å². The van der Waals surface area contributed by atoms with E-state index in [1.165, 1.54) is 27.1 Å². The van der Waals surface area contributed by atoms with Crippen LogP contribution in [0.5, 0.6) is 0 Å². The van der Waals surface area contributed by atoms with E-state index in [-0.39, 0.29) is 6.04 Å². The third-order valence-electron chi connectivity index (χ3n) is 3.15. The predicted octanol–water partition coefficient (Wildman–Crippen LogP) is 4.68. The van der Waals surface area contributed by atoms with E-state index in [1.54, 1.807) is 11.3 Å². The van der Waals surface area contributed by atoms with Crippen molar-refractivity contribution in [1.29, 1.82) is 0 Å². The van der Waals surface area contributed by atoms with Crippen LogP contribution in [0.4, 0.5) is 0 Å². The van der Waals surface area contributed by atoms with Crippen LogP contribution in [0, 0.1) is 20.8 Å². The zero-order chi connectivity index (χ0) is 13.3. The molecule has 1 unspecified atom stereocenters. The van der Waals surface area contributed by atoms with Gasteiger partial charge < -0.3 is 5.73 Å². The molecule has 0 aliphatic carbocycles. The number of benzene rings is 1. The van der Waals surface area contributed by atoms with E-state index >= 15 is 0 Å². The lowest BCUT2D eigenvalue weighted by Gasteiger charge is -2.17. The monoisotopic (exact) mass is 323 g/mol. The molecule has 0 bridgehead atoms. The topological polar surface area (TPSA) is 26.0 Å². The minimum Gasteiger partial charge on any atom is -0.324 e. The molecule has 0 aliphatic rings. The first-order valence-corrected chi connectivity index (χ1v) is 7.71. The summed E-state index contributed by atoms with van der Waals surface area (Å²) in [4.78, 5) is 1.33. The molecule has 0 saturated carbocycles. The van der Waals surface area contributed by atoms with E-state index in [9.17, 15) is 0 Å². The van der Waals surface area contributed by atoms with Crippen LogP contribution >= 0.6 is 27.3 Å². The Balaban J connectivity index is 2.26. The SMILES string of the molecule is Cc1cc(C)c(C(N)Cc2cc(Br)cs2)c(C)c1. The van der Waals surface area contributed by atoms with Gasteiger partial charge in [-0.1, -0.05) is 17.7 Å². The third-order valence-corrected chi connectivity index (χ3v) is 4.87. The molecule has 1 atom stereocenters. The Hall–Kier alpha value is -0.640. The van der Waals surface area contributed by atoms with Crippen LogP contribution in [0.25, 0.3) is 0 Å². The Morgan fingerprint density at radius 2 is 1.78 bits per heavy atom.